The maximum absolute atomic E-state index is 13.5. The summed E-state index contributed by atoms with van der Waals surface area (Å²) in [6.07, 6.45) is 3.12. The van der Waals surface area contributed by atoms with E-state index in [4.69, 9.17) is 0 Å². The molecule has 2 aliphatic heterocycles. The van der Waals surface area contributed by atoms with Crippen molar-refractivity contribution in [1.29, 1.82) is 0 Å². The van der Waals surface area contributed by atoms with E-state index in [0.29, 0.717) is 19.4 Å². The van der Waals surface area contributed by atoms with Crippen molar-refractivity contribution in [3.05, 3.63) is 64.1 Å². The summed E-state index contributed by atoms with van der Waals surface area (Å²) >= 11 is 1.58. The Hall–Kier alpha value is -2.77. The lowest BCUT2D eigenvalue weighted by Gasteiger charge is -2.40. The number of imide groups is 1. The molecule has 6 nitrogen and oxygen atoms in total. The van der Waals surface area contributed by atoms with Crippen molar-refractivity contribution >= 4 is 34.0 Å². The van der Waals surface area contributed by atoms with Gasteiger partial charge >= 0.3 is 6.03 Å². The second-order valence-corrected chi connectivity index (χ2v) is 10.5. The molecule has 2 fully saturated rings. The number of urea groups is 1. The molecule has 5 rings (SSSR count). The van der Waals surface area contributed by atoms with Gasteiger partial charge in [-0.15, -0.1) is 11.3 Å². The van der Waals surface area contributed by atoms with E-state index in [-0.39, 0.29) is 17.9 Å². The van der Waals surface area contributed by atoms with Gasteiger partial charge in [0, 0.05) is 24.4 Å². The van der Waals surface area contributed by atoms with Crippen LogP contribution in [-0.4, -0.2) is 51.9 Å². The molecule has 1 aromatic heterocycles. The van der Waals surface area contributed by atoms with Gasteiger partial charge in [0.15, 0.2) is 0 Å². The molecule has 2 aromatic carbocycles. The van der Waals surface area contributed by atoms with E-state index in [1.807, 2.05) is 19.4 Å². The highest BCUT2D eigenvalue weighted by Gasteiger charge is 2.54. The number of hydrogen-bond acceptors (Lipinski definition) is 5. The first-order valence-corrected chi connectivity index (χ1v) is 13.1. The molecule has 2 aliphatic rings. The lowest BCUT2D eigenvalue weighted by molar-refractivity contribution is -0.134. The fraction of sp³-hybridized carbons (Fsp3) is 0.444. The third-order valence-electron chi connectivity index (χ3n) is 7.67. The van der Waals surface area contributed by atoms with Crippen LogP contribution in [0.3, 0.4) is 0 Å². The van der Waals surface area contributed by atoms with Crippen LogP contribution in [-0.2, 0) is 17.8 Å². The minimum absolute atomic E-state index is 0.0462. The van der Waals surface area contributed by atoms with E-state index < -0.39 is 5.54 Å². The molecule has 34 heavy (non-hydrogen) atoms. The SMILES string of the molecule is CC[C@@]1(C2CCN(Cc3ccc4ccccc4c3)CC2)NC(=O)N(CCc2scnc2C)C1=O. The lowest BCUT2D eigenvalue weighted by Crippen LogP contribution is -2.55. The number of rotatable bonds is 7. The molecule has 178 valence electrons. The van der Waals surface area contributed by atoms with Gasteiger partial charge in [0.1, 0.15) is 5.54 Å². The van der Waals surface area contributed by atoms with Gasteiger partial charge in [0.05, 0.1) is 11.2 Å². The molecule has 0 unspecified atom stereocenters. The molecule has 3 amide bonds. The van der Waals surface area contributed by atoms with Gasteiger partial charge in [-0.3, -0.25) is 14.6 Å². The van der Waals surface area contributed by atoms with E-state index in [0.717, 1.165) is 43.0 Å². The van der Waals surface area contributed by atoms with E-state index in [1.165, 1.54) is 21.2 Å². The van der Waals surface area contributed by atoms with Crippen LogP contribution in [0.2, 0.25) is 0 Å². The topological polar surface area (TPSA) is 65.5 Å². The third-order valence-corrected chi connectivity index (χ3v) is 8.67. The Balaban J connectivity index is 1.22. The van der Waals surface area contributed by atoms with Crippen molar-refractivity contribution in [2.45, 2.75) is 51.6 Å². The maximum atomic E-state index is 13.5. The first kappa shape index (κ1) is 23.0. The summed E-state index contributed by atoms with van der Waals surface area (Å²) in [6.45, 7) is 7.19. The van der Waals surface area contributed by atoms with E-state index in [1.54, 1.807) is 11.3 Å². The first-order chi connectivity index (χ1) is 16.5. The summed E-state index contributed by atoms with van der Waals surface area (Å²) in [7, 11) is 0. The Labute approximate surface area is 205 Å². The fourth-order valence-electron chi connectivity index (χ4n) is 5.61. The Kier molecular flexibility index (Phi) is 6.40. The van der Waals surface area contributed by atoms with Crippen molar-refractivity contribution in [2.24, 2.45) is 5.92 Å². The summed E-state index contributed by atoms with van der Waals surface area (Å²) in [5.41, 5.74) is 3.35. The Morgan fingerprint density at radius 3 is 2.59 bits per heavy atom. The number of nitrogens with zero attached hydrogens (tertiary/aromatic N) is 3. The van der Waals surface area contributed by atoms with Gasteiger partial charge < -0.3 is 5.32 Å². The summed E-state index contributed by atoms with van der Waals surface area (Å²) in [4.78, 5) is 35.7. The molecule has 1 N–H and O–H groups in total. The van der Waals surface area contributed by atoms with Crippen LogP contribution >= 0.6 is 11.3 Å². The number of thiazole rings is 1. The molecular formula is C27H32N4O2S. The van der Waals surface area contributed by atoms with Crippen molar-refractivity contribution in [3.8, 4) is 0 Å². The number of aromatic nitrogens is 1. The summed E-state index contributed by atoms with van der Waals surface area (Å²) < 4.78 is 0. The normalized spacial score (nSPS) is 22.0. The number of likely N-dealkylation sites (tertiary alicyclic amines) is 1. The van der Waals surface area contributed by atoms with Crippen molar-refractivity contribution < 1.29 is 9.59 Å². The van der Waals surface area contributed by atoms with Gasteiger partial charge in [0.25, 0.3) is 5.91 Å². The Morgan fingerprint density at radius 1 is 1.12 bits per heavy atom. The highest BCUT2D eigenvalue weighted by Crippen LogP contribution is 2.36. The summed E-state index contributed by atoms with van der Waals surface area (Å²) in [5, 5.41) is 5.66. The molecule has 2 saturated heterocycles. The molecule has 3 heterocycles. The van der Waals surface area contributed by atoms with Gasteiger partial charge in [-0.25, -0.2) is 9.78 Å². The second-order valence-electron chi connectivity index (χ2n) is 9.55. The molecule has 0 bridgehead atoms. The monoisotopic (exact) mass is 476 g/mol. The Morgan fingerprint density at radius 2 is 1.88 bits per heavy atom. The number of carbonyl (C=O) groups excluding carboxylic acids is 2. The van der Waals surface area contributed by atoms with Crippen LogP contribution < -0.4 is 5.32 Å². The quantitative estimate of drug-likeness (QED) is 0.500. The zero-order valence-corrected chi connectivity index (χ0v) is 20.7. The predicted octanol–water partition coefficient (Wildman–Crippen LogP) is 4.76. The zero-order chi connectivity index (χ0) is 23.7. The smallest absolute Gasteiger partial charge is 0.323 e. The molecule has 0 aliphatic carbocycles. The van der Waals surface area contributed by atoms with Crippen LogP contribution in [0, 0.1) is 12.8 Å². The molecule has 0 spiro atoms. The number of piperidine rings is 1. The van der Waals surface area contributed by atoms with Crippen molar-refractivity contribution in [2.75, 3.05) is 19.6 Å². The highest BCUT2D eigenvalue weighted by atomic mass is 32.1. The fourth-order valence-corrected chi connectivity index (χ4v) is 6.38. The van der Waals surface area contributed by atoms with E-state index in [2.05, 4.69) is 57.7 Å². The number of amides is 3. The van der Waals surface area contributed by atoms with Crippen LogP contribution in [0.1, 0.15) is 42.3 Å². The number of carbonyl (C=O) groups is 2. The molecule has 0 radical (unpaired) electrons. The predicted molar refractivity (Wildman–Crippen MR) is 136 cm³/mol. The minimum Gasteiger partial charge on any atom is -0.323 e. The van der Waals surface area contributed by atoms with Crippen LogP contribution in [0.5, 0.6) is 0 Å². The second kappa shape index (κ2) is 9.47. The van der Waals surface area contributed by atoms with Crippen molar-refractivity contribution in [3.63, 3.8) is 0 Å². The molecule has 7 heteroatoms. The zero-order valence-electron chi connectivity index (χ0n) is 19.9. The average molecular weight is 477 g/mol. The van der Waals surface area contributed by atoms with E-state index >= 15 is 0 Å². The number of nitrogens with one attached hydrogen (secondary N) is 1. The standard InChI is InChI=1S/C27H32N4O2S/c1-3-27(25(32)31(26(33)29-27)15-12-24-19(2)28-18-34-24)23-10-13-30(14-11-23)17-20-8-9-21-6-4-5-7-22(21)16-20/h4-9,16,18,23H,3,10-15,17H2,1-2H3,(H,29,33)/t27-/m0/s1. The third kappa shape index (κ3) is 4.23. The number of fused-ring (bicyclic) bond motifs is 1. The van der Waals surface area contributed by atoms with Crippen LogP contribution in [0.25, 0.3) is 10.8 Å². The summed E-state index contributed by atoms with van der Waals surface area (Å²) in [6, 6.07) is 14.9. The molecule has 1 atom stereocenters. The number of benzene rings is 2. The van der Waals surface area contributed by atoms with Gasteiger partial charge in [-0.1, -0.05) is 43.3 Å². The molecular weight excluding hydrogens is 444 g/mol. The lowest BCUT2D eigenvalue weighted by atomic mass is 9.75. The first-order valence-electron chi connectivity index (χ1n) is 12.2. The van der Waals surface area contributed by atoms with Gasteiger partial charge in [-0.05, 0) is 67.6 Å². The van der Waals surface area contributed by atoms with Gasteiger partial charge in [-0.2, -0.15) is 0 Å². The summed E-state index contributed by atoms with van der Waals surface area (Å²) in [5.74, 6) is 0.118. The van der Waals surface area contributed by atoms with E-state index in [9.17, 15) is 9.59 Å². The number of aryl methyl sites for hydroxylation is 1. The molecule has 3 aromatic rings. The van der Waals surface area contributed by atoms with Crippen LogP contribution in [0.15, 0.2) is 48.0 Å². The number of hydrogen-bond donors (Lipinski definition) is 1. The Bertz CT molecular complexity index is 1200. The average Bonchev–Trinajstić information content (AvgIpc) is 3.38. The van der Waals surface area contributed by atoms with Gasteiger partial charge in [0.2, 0.25) is 0 Å². The minimum atomic E-state index is -0.769. The highest BCUT2D eigenvalue weighted by molar-refractivity contribution is 7.09. The van der Waals surface area contributed by atoms with Crippen molar-refractivity contribution in [1.82, 2.24) is 20.1 Å². The van der Waals surface area contributed by atoms with Crippen LogP contribution in [0.4, 0.5) is 4.79 Å². The molecule has 0 saturated carbocycles. The maximum Gasteiger partial charge on any atom is 0.325 e. The largest absolute Gasteiger partial charge is 0.325 e.